The average molecular weight is 337 g/mol. The molecule has 4 nitrogen and oxygen atoms in total. The van der Waals surface area contributed by atoms with Crippen molar-refractivity contribution in [1.82, 2.24) is 0 Å². The topological polar surface area (TPSA) is 52.6 Å². The van der Waals surface area contributed by atoms with Crippen molar-refractivity contribution >= 4 is 23.4 Å². The van der Waals surface area contributed by atoms with E-state index >= 15 is 0 Å². The number of ketones is 1. The van der Waals surface area contributed by atoms with Gasteiger partial charge in [-0.3, -0.25) is 4.79 Å². The van der Waals surface area contributed by atoms with Gasteiger partial charge in [0.1, 0.15) is 16.9 Å². The Morgan fingerprint density at radius 3 is 2.36 bits per heavy atom. The Hall–Kier alpha value is -2.02. The van der Waals surface area contributed by atoms with Crippen LogP contribution in [0.25, 0.3) is 0 Å². The lowest BCUT2D eigenvalue weighted by molar-refractivity contribution is -0.138. The predicted molar refractivity (Wildman–Crippen MR) is 72.0 cm³/mol. The van der Waals surface area contributed by atoms with Crippen LogP contribution in [0.1, 0.15) is 24.2 Å². The van der Waals surface area contributed by atoms with E-state index in [-0.39, 0.29) is 13.2 Å². The highest BCUT2D eigenvalue weighted by Gasteiger charge is 2.28. The van der Waals surface area contributed by atoms with Crippen LogP contribution in [-0.2, 0) is 14.3 Å². The monoisotopic (exact) mass is 336 g/mol. The summed E-state index contributed by atoms with van der Waals surface area (Å²) >= 11 is 5.27. The van der Waals surface area contributed by atoms with Crippen LogP contribution in [0.2, 0.25) is 5.02 Å². The van der Waals surface area contributed by atoms with E-state index in [0.717, 1.165) is 6.26 Å². The van der Waals surface area contributed by atoms with Crippen LogP contribution in [0, 0.1) is 17.5 Å². The number of benzene rings is 1. The highest BCUT2D eigenvalue weighted by Crippen LogP contribution is 2.26. The minimum absolute atomic E-state index is 0.0450. The van der Waals surface area contributed by atoms with Gasteiger partial charge in [0.05, 0.1) is 18.8 Å². The maximum atomic E-state index is 13.8. The normalized spacial score (nSPS) is 11.3. The number of hydrogen-bond acceptors (Lipinski definition) is 4. The number of halogens is 4. The standard InChI is InChI=1S/C14H12ClF3O4/c1-3-21-6-8(14(20)22-4-2)13(19)7-5-9(16)12(18)10(15)11(7)17/h5-6H,3-4H2,1-2H3. The van der Waals surface area contributed by atoms with Crippen LogP contribution >= 0.6 is 11.6 Å². The summed E-state index contributed by atoms with van der Waals surface area (Å²) in [5.74, 6) is -6.93. The summed E-state index contributed by atoms with van der Waals surface area (Å²) in [5.41, 5.74) is -1.56. The van der Waals surface area contributed by atoms with Crippen LogP contribution in [0.3, 0.4) is 0 Å². The summed E-state index contributed by atoms with van der Waals surface area (Å²) in [6.45, 7) is 3.16. The average Bonchev–Trinajstić information content (AvgIpc) is 2.49. The Labute approximate surface area is 129 Å². The zero-order valence-corrected chi connectivity index (χ0v) is 12.5. The summed E-state index contributed by atoms with van der Waals surface area (Å²) in [6.07, 6.45) is 0.773. The Balaban J connectivity index is 3.34. The minimum atomic E-state index is -1.62. The number of esters is 1. The smallest absolute Gasteiger partial charge is 0.345 e. The largest absolute Gasteiger partial charge is 0.500 e. The van der Waals surface area contributed by atoms with Gasteiger partial charge in [0.2, 0.25) is 5.78 Å². The molecule has 1 aromatic carbocycles. The second-order valence-corrected chi connectivity index (χ2v) is 4.26. The molecule has 0 aromatic heterocycles. The number of rotatable bonds is 6. The third-order valence-electron chi connectivity index (χ3n) is 2.46. The van der Waals surface area contributed by atoms with Gasteiger partial charge < -0.3 is 9.47 Å². The minimum Gasteiger partial charge on any atom is -0.500 e. The summed E-state index contributed by atoms with van der Waals surface area (Å²) < 4.78 is 49.7. The van der Waals surface area contributed by atoms with E-state index < -0.39 is 45.4 Å². The molecule has 0 aliphatic rings. The number of Topliss-reactive ketones (excluding diaryl/α,β-unsaturated/α-hetero) is 1. The van der Waals surface area contributed by atoms with Crippen LogP contribution < -0.4 is 0 Å². The number of carbonyl (C=O) groups is 2. The van der Waals surface area contributed by atoms with E-state index in [0.29, 0.717) is 6.07 Å². The SMILES string of the molecule is CCOC=C(C(=O)OCC)C(=O)c1cc(F)c(F)c(Cl)c1F. The quantitative estimate of drug-likeness (QED) is 0.117. The number of ether oxygens (including phenoxy) is 2. The molecule has 0 saturated carbocycles. The first-order valence-corrected chi connectivity index (χ1v) is 6.59. The molecule has 1 rings (SSSR count). The van der Waals surface area contributed by atoms with Crippen LogP contribution in [0.5, 0.6) is 0 Å². The zero-order valence-electron chi connectivity index (χ0n) is 11.7. The molecule has 0 N–H and O–H groups in total. The summed E-state index contributed by atoms with van der Waals surface area (Å²) in [4.78, 5) is 23.9. The van der Waals surface area contributed by atoms with Crippen LogP contribution in [0.4, 0.5) is 13.2 Å². The van der Waals surface area contributed by atoms with Crippen molar-refractivity contribution in [2.45, 2.75) is 13.8 Å². The third-order valence-corrected chi connectivity index (χ3v) is 2.79. The molecule has 0 heterocycles. The van der Waals surface area contributed by atoms with Crippen molar-refractivity contribution in [3.63, 3.8) is 0 Å². The fourth-order valence-electron chi connectivity index (χ4n) is 1.45. The molecule has 0 fully saturated rings. The second kappa shape index (κ2) is 7.84. The molecule has 0 bridgehead atoms. The lowest BCUT2D eigenvalue weighted by Gasteiger charge is -2.09. The van der Waals surface area contributed by atoms with Crippen molar-refractivity contribution in [1.29, 1.82) is 0 Å². The summed E-state index contributed by atoms with van der Waals surface area (Å²) in [7, 11) is 0. The third kappa shape index (κ3) is 3.79. The Bertz CT molecular complexity index is 629. The fraction of sp³-hybridized carbons (Fsp3) is 0.286. The van der Waals surface area contributed by atoms with Crippen LogP contribution in [0.15, 0.2) is 17.9 Å². The summed E-state index contributed by atoms with van der Waals surface area (Å²) in [5, 5.41) is -1.18. The molecule has 120 valence electrons. The Morgan fingerprint density at radius 2 is 1.82 bits per heavy atom. The first kappa shape index (κ1) is 18.0. The van der Waals surface area contributed by atoms with Gasteiger partial charge in [0, 0.05) is 0 Å². The van der Waals surface area contributed by atoms with Crippen molar-refractivity contribution in [2.24, 2.45) is 0 Å². The van der Waals surface area contributed by atoms with Gasteiger partial charge in [0.15, 0.2) is 17.5 Å². The number of hydrogen-bond donors (Lipinski definition) is 0. The van der Waals surface area contributed by atoms with Crippen molar-refractivity contribution in [2.75, 3.05) is 13.2 Å². The van der Waals surface area contributed by atoms with Gasteiger partial charge in [0.25, 0.3) is 0 Å². The Kier molecular flexibility index (Phi) is 6.42. The molecule has 0 unspecified atom stereocenters. The van der Waals surface area contributed by atoms with Crippen molar-refractivity contribution in [3.8, 4) is 0 Å². The van der Waals surface area contributed by atoms with E-state index in [1.54, 1.807) is 6.92 Å². The molecular formula is C14H12ClF3O4. The zero-order chi connectivity index (χ0) is 16.9. The van der Waals surface area contributed by atoms with E-state index in [1.165, 1.54) is 6.92 Å². The molecule has 0 aliphatic carbocycles. The molecule has 22 heavy (non-hydrogen) atoms. The molecule has 0 saturated heterocycles. The van der Waals surface area contributed by atoms with Gasteiger partial charge in [-0.2, -0.15) is 0 Å². The number of carbonyl (C=O) groups excluding carboxylic acids is 2. The van der Waals surface area contributed by atoms with Gasteiger partial charge in [-0.05, 0) is 19.9 Å². The lowest BCUT2D eigenvalue weighted by Crippen LogP contribution is -2.18. The van der Waals surface area contributed by atoms with Crippen LogP contribution in [-0.4, -0.2) is 25.0 Å². The highest BCUT2D eigenvalue weighted by molar-refractivity contribution is 6.32. The van der Waals surface area contributed by atoms with Gasteiger partial charge in [-0.15, -0.1) is 0 Å². The molecule has 8 heteroatoms. The van der Waals surface area contributed by atoms with E-state index in [4.69, 9.17) is 16.3 Å². The molecule has 0 amide bonds. The van der Waals surface area contributed by atoms with E-state index in [9.17, 15) is 22.8 Å². The maximum Gasteiger partial charge on any atom is 0.345 e. The first-order valence-electron chi connectivity index (χ1n) is 6.21. The molecule has 0 atom stereocenters. The lowest BCUT2D eigenvalue weighted by atomic mass is 10.0. The molecule has 0 radical (unpaired) electrons. The summed E-state index contributed by atoms with van der Waals surface area (Å²) in [6, 6.07) is 0.317. The van der Waals surface area contributed by atoms with Gasteiger partial charge in [-0.25, -0.2) is 18.0 Å². The molecule has 0 spiro atoms. The van der Waals surface area contributed by atoms with Gasteiger partial charge >= 0.3 is 5.97 Å². The van der Waals surface area contributed by atoms with Crippen molar-refractivity contribution in [3.05, 3.63) is 45.9 Å². The second-order valence-electron chi connectivity index (χ2n) is 3.88. The van der Waals surface area contributed by atoms with Crippen molar-refractivity contribution < 1.29 is 32.2 Å². The molecule has 1 aromatic rings. The Morgan fingerprint density at radius 1 is 1.18 bits per heavy atom. The molecular weight excluding hydrogens is 325 g/mol. The molecule has 0 aliphatic heterocycles. The predicted octanol–water partition coefficient (Wildman–Crippen LogP) is 3.42. The first-order chi connectivity index (χ1) is 10.3. The van der Waals surface area contributed by atoms with Gasteiger partial charge in [-0.1, -0.05) is 11.6 Å². The van der Waals surface area contributed by atoms with E-state index in [1.807, 2.05) is 0 Å². The fourth-order valence-corrected chi connectivity index (χ4v) is 1.65. The highest BCUT2D eigenvalue weighted by atomic mass is 35.5. The van der Waals surface area contributed by atoms with E-state index in [2.05, 4.69) is 4.74 Å². The maximum absolute atomic E-state index is 13.8.